The Balaban J connectivity index is 1.82. The molecule has 3 heteroatoms. The molecule has 2 N–H and O–H groups in total. The van der Waals surface area contributed by atoms with E-state index in [2.05, 4.69) is 36.1 Å². The standard InChI is InChI=1S/C19H23FN2/c1-2-14-7-9-15(10-8-14)16-11-17(21)13-22(12-16)19-6-4-3-5-18(19)20/h3-10,16-17H,2,11-13,21H2,1H3. The summed E-state index contributed by atoms with van der Waals surface area (Å²) in [5, 5.41) is 0. The lowest BCUT2D eigenvalue weighted by Gasteiger charge is -2.38. The molecule has 116 valence electrons. The summed E-state index contributed by atoms with van der Waals surface area (Å²) in [5.74, 6) is 0.186. The highest BCUT2D eigenvalue weighted by molar-refractivity contribution is 5.49. The Morgan fingerprint density at radius 1 is 1.09 bits per heavy atom. The smallest absolute Gasteiger partial charge is 0.146 e. The molecule has 0 bridgehead atoms. The minimum absolute atomic E-state index is 0.0733. The van der Waals surface area contributed by atoms with Gasteiger partial charge in [0.25, 0.3) is 0 Å². The first kappa shape index (κ1) is 15.0. The number of para-hydroxylation sites is 1. The second kappa shape index (κ2) is 6.49. The zero-order chi connectivity index (χ0) is 15.5. The minimum Gasteiger partial charge on any atom is -0.367 e. The maximum absolute atomic E-state index is 14.0. The second-order valence-electron chi connectivity index (χ2n) is 6.14. The number of rotatable bonds is 3. The second-order valence-corrected chi connectivity index (χ2v) is 6.14. The molecule has 2 unspecified atom stereocenters. The van der Waals surface area contributed by atoms with Crippen LogP contribution in [0, 0.1) is 5.82 Å². The number of nitrogens with two attached hydrogens (primary N) is 1. The summed E-state index contributed by atoms with van der Waals surface area (Å²) in [4.78, 5) is 2.09. The fourth-order valence-corrected chi connectivity index (χ4v) is 3.31. The van der Waals surface area contributed by atoms with Gasteiger partial charge in [0.1, 0.15) is 5.82 Å². The van der Waals surface area contributed by atoms with E-state index in [-0.39, 0.29) is 11.9 Å². The number of hydrogen-bond donors (Lipinski definition) is 1. The molecule has 0 spiro atoms. The van der Waals surface area contributed by atoms with Crippen molar-refractivity contribution in [3.8, 4) is 0 Å². The maximum atomic E-state index is 14.0. The van der Waals surface area contributed by atoms with Gasteiger partial charge in [0.05, 0.1) is 5.69 Å². The minimum atomic E-state index is -0.170. The molecule has 22 heavy (non-hydrogen) atoms. The Labute approximate surface area is 131 Å². The van der Waals surface area contributed by atoms with Crippen LogP contribution >= 0.6 is 0 Å². The Morgan fingerprint density at radius 3 is 2.50 bits per heavy atom. The summed E-state index contributed by atoms with van der Waals surface area (Å²) >= 11 is 0. The zero-order valence-electron chi connectivity index (χ0n) is 13.0. The summed E-state index contributed by atoms with van der Waals surface area (Å²) in [6.07, 6.45) is 2.00. The van der Waals surface area contributed by atoms with Gasteiger partial charge in [-0.1, -0.05) is 43.3 Å². The molecule has 0 aromatic heterocycles. The average Bonchev–Trinajstić information content (AvgIpc) is 2.55. The third kappa shape index (κ3) is 3.14. The number of nitrogens with zero attached hydrogens (tertiary/aromatic N) is 1. The van der Waals surface area contributed by atoms with Crippen LogP contribution in [0.15, 0.2) is 48.5 Å². The Hall–Kier alpha value is -1.87. The zero-order valence-corrected chi connectivity index (χ0v) is 13.0. The van der Waals surface area contributed by atoms with Gasteiger partial charge in [-0.15, -0.1) is 0 Å². The van der Waals surface area contributed by atoms with Crippen molar-refractivity contribution < 1.29 is 4.39 Å². The Kier molecular flexibility index (Phi) is 4.44. The van der Waals surface area contributed by atoms with Crippen molar-refractivity contribution in [3.63, 3.8) is 0 Å². The van der Waals surface area contributed by atoms with Gasteiger partial charge in [0.15, 0.2) is 0 Å². The molecule has 1 fully saturated rings. The van der Waals surface area contributed by atoms with Crippen LogP contribution in [0.2, 0.25) is 0 Å². The van der Waals surface area contributed by atoms with Crippen LogP contribution in [0.25, 0.3) is 0 Å². The number of hydrogen-bond acceptors (Lipinski definition) is 2. The number of anilines is 1. The van der Waals surface area contributed by atoms with Crippen LogP contribution in [-0.4, -0.2) is 19.1 Å². The highest BCUT2D eigenvalue weighted by Crippen LogP contribution is 2.31. The summed E-state index contributed by atoms with van der Waals surface area (Å²) < 4.78 is 14.0. The van der Waals surface area contributed by atoms with Crippen LogP contribution in [0.4, 0.5) is 10.1 Å². The van der Waals surface area contributed by atoms with E-state index >= 15 is 0 Å². The van der Waals surface area contributed by atoms with Crippen molar-refractivity contribution >= 4 is 5.69 Å². The van der Waals surface area contributed by atoms with Crippen molar-refractivity contribution in [2.24, 2.45) is 5.73 Å². The molecule has 3 rings (SSSR count). The normalized spacial score (nSPS) is 21.9. The van der Waals surface area contributed by atoms with Crippen molar-refractivity contribution in [3.05, 3.63) is 65.5 Å². The van der Waals surface area contributed by atoms with Crippen LogP contribution < -0.4 is 10.6 Å². The maximum Gasteiger partial charge on any atom is 0.146 e. The van der Waals surface area contributed by atoms with E-state index in [1.165, 1.54) is 17.2 Å². The largest absolute Gasteiger partial charge is 0.367 e. The summed E-state index contributed by atoms with van der Waals surface area (Å²) in [7, 11) is 0. The van der Waals surface area contributed by atoms with E-state index in [0.29, 0.717) is 18.2 Å². The molecular formula is C19H23FN2. The topological polar surface area (TPSA) is 29.3 Å². The molecule has 1 aliphatic rings. The Bertz CT molecular complexity index is 624. The lowest BCUT2D eigenvalue weighted by atomic mass is 9.87. The van der Waals surface area contributed by atoms with Gasteiger partial charge in [-0.05, 0) is 36.1 Å². The first-order chi connectivity index (χ1) is 10.7. The van der Waals surface area contributed by atoms with Gasteiger partial charge < -0.3 is 10.6 Å². The van der Waals surface area contributed by atoms with Crippen molar-refractivity contribution in [2.75, 3.05) is 18.0 Å². The predicted octanol–water partition coefficient (Wildman–Crippen LogP) is 3.71. The van der Waals surface area contributed by atoms with E-state index in [1.54, 1.807) is 6.07 Å². The van der Waals surface area contributed by atoms with Gasteiger partial charge in [-0.2, -0.15) is 0 Å². The highest BCUT2D eigenvalue weighted by atomic mass is 19.1. The average molecular weight is 298 g/mol. The molecule has 2 aromatic carbocycles. The van der Waals surface area contributed by atoms with Crippen molar-refractivity contribution in [2.45, 2.75) is 31.7 Å². The molecular weight excluding hydrogens is 275 g/mol. The lowest BCUT2D eigenvalue weighted by molar-refractivity contribution is 0.449. The summed E-state index contributed by atoms with van der Waals surface area (Å²) in [6, 6.07) is 15.8. The van der Waals surface area contributed by atoms with E-state index < -0.39 is 0 Å². The number of benzene rings is 2. The first-order valence-electron chi connectivity index (χ1n) is 8.01. The third-order valence-corrected chi connectivity index (χ3v) is 4.54. The first-order valence-corrected chi connectivity index (χ1v) is 8.01. The molecule has 1 saturated heterocycles. The van der Waals surface area contributed by atoms with E-state index in [0.717, 1.165) is 19.4 Å². The van der Waals surface area contributed by atoms with Crippen LogP contribution in [0.5, 0.6) is 0 Å². The van der Waals surface area contributed by atoms with E-state index in [1.807, 2.05) is 12.1 Å². The van der Waals surface area contributed by atoms with Gasteiger partial charge in [0.2, 0.25) is 0 Å². The van der Waals surface area contributed by atoms with Crippen molar-refractivity contribution in [1.29, 1.82) is 0 Å². The summed E-state index contributed by atoms with van der Waals surface area (Å²) in [5.41, 5.74) is 9.53. The van der Waals surface area contributed by atoms with E-state index in [9.17, 15) is 4.39 Å². The third-order valence-electron chi connectivity index (χ3n) is 4.54. The van der Waals surface area contributed by atoms with Crippen LogP contribution in [-0.2, 0) is 6.42 Å². The molecule has 0 aliphatic carbocycles. The molecule has 0 radical (unpaired) electrons. The Morgan fingerprint density at radius 2 is 1.82 bits per heavy atom. The van der Waals surface area contributed by atoms with Gasteiger partial charge in [-0.3, -0.25) is 0 Å². The number of aryl methyl sites for hydroxylation is 1. The summed E-state index contributed by atoms with van der Waals surface area (Å²) in [6.45, 7) is 3.69. The van der Waals surface area contributed by atoms with Gasteiger partial charge in [-0.25, -0.2) is 4.39 Å². The molecule has 1 heterocycles. The molecule has 0 amide bonds. The molecule has 2 aromatic rings. The highest BCUT2D eigenvalue weighted by Gasteiger charge is 2.27. The number of piperidine rings is 1. The van der Waals surface area contributed by atoms with Crippen LogP contribution in [0.3, 0.4) is 0 Å². The van der Waals surface area contributed by atoms with Gasteiger partial charge in [0, 0.05) is 25.0 Å². The fraction of sp³-hybridized carbons (Fsp3) is 0.368. The SMILES string of the molecule is CCc1ccc(C2CC(N)CN(c3ccccc3F)C2)cc1. The van der Waals surface area contributed by atoms with Gasteiger partial charge >= 0.3 is 0 Å². The number of halogens is 1. The van der Waals surface area contributed by atoms with Crippen LogP contribution in [0.1, 0.15) is 30.4 Å². The molecule has 2 nitrogen and oxygen atoms in total. The molecule has 0 saturated carbocycles. The fourth-order valence-electron chi connectivity index (χ4n) is 3.31. The predicted molar refractivity (Wildman–Crippen MR) is 89.8 cm³/mol. The quantitative estimate of drug-likeness (QED) is 0.936. The molecule has 2 atom stereocenters. The molecule has 1 aliphatic heterocycles. The van der Waals surface area contributed by atoms with Crippen molar-refractivity contribution in [1.82, 2.24) is 0 Å². The monoisotopic (exact) mass is 298 g/mol. The van der Waals surface area contributed by atoms with E-state index in [4.69, 9.17) is 5.73 Å². The lowest BCUT2D eigenvalue weighted by Crippen LogP contribution is -2.46.